The van der Waals surface area contributed by atoms with Crippen molar-refractivity contribution < 1.29 is 33.0 Å². The van der Waals surface area contributed by atoms with E-state index in [1.165, 1.54) is 17.8 Å². The zero-order valence-corrected chi connectivity index (χ0v) is 25.2. The first-order chi connectivity index (χ1) is 20.6. The van der Waals surface area contributed by atoms with Gasteiger partial charge in [0.15, 0.2) is 11.7 Å². The molecule has 1 N–H and O–H groups in total. The van der Waals surface area contributed by atoms with Crippen molar-refractivity contribution in [1.82, 2.24) is 14.8 Å². The summed E-state index contributed by atoms with van der Waals surface area (Å²) >= 11 is 0.559. The molecule has 7 rings (SSSR count). The van der Waals surface area contributed by atoms with Crippen LogP contribution in [0.15, 0.2) is 30.1 Å². The largest absolute Gasteiger partial charge is 0.448 e. The molecule has 43 heavy (non-hydrogen) atoms. The molecule has 0 bridgehead atoms. The lowest BCUT2D eigenvalue weighted by Crippen LogP contribution is -2.63. The van der Waals surface area contributed by atoms with E-state index in [1.54, 1.807) is 10.7 Å². The van der Waals surface area contributed by atoms with Gasteiger partial charge in [-0.1, -0.05) is 19.4 Å². The first kappa shape index (κ1) is 29.1. The Hall–Kier alpha value is -2.63. The van der Waals surface area contributed by atoms with Crippen molar-refractivity contribution >= 4 is 28.9 Å². The summed E-state index contributed by atoms with van der Waals surface area (Å²) < 4.78 is 40.6. The van der Waals surface area contributed by atoms with Gasteiger partial charge in [0.2, 0.25) is 11.1 Å². The number of aliphatic hydroxyl groups excluding tert-OH is 1. The fourth-order valence-corrected chi connectivity index (χ4v) is 10.3. The number of pyridine rings is 1. The molecule has 0 unspecified atom stereocenters. The molecule has 1 aliphatic heterocycles. The highest BCUT2D eigenvalue weighted by molar-refractivity contribution is 8.13. The number of thioether (sulfide) groups is 1. The van der Waals surface area contributed by atoms with Crippen LogP contribution in [-0.2, 0) is 25.5 Å². The number of halogens is 2. The van der Waals surface area contributed by atoms with Gasteiger partial charge in [0.05, 0.1) is 29.9 Å². The predicted molar refractivity (Wildman–Crippen MR) is 155 cm³/mol. The Morgan fingerprint density at radius 1 is 1.23 bits per heavy atom. The van der Waals surface area contributed by atoms with Gasteiger partial charge in [-0.3, -0.25) is 4.79 Å². The van der Waals surface area contributed by atoms with Crippen molar-refractivity contribution in [3.05, 3.63) is 47.3 Å². The van der Waals surface area contributed by atoms with Crippen LogP contribution in [0.25, 0.3) is 11.8 Å². The lowest BCUT2D eigenvalue weighted by Gasteiger charge is -2.60. The minimum absolute atomic E-state index is 0.0233. The Morgan fingerprint density at radius 2 is 2.07 bits per heavy atom. The quantitative estimate of drug-likeness (QED) is 0.362. The Balaban J connectivity index is 1.22. The fourth-order valence-electron chi connectivity index (χ4n) is 9.58. The molecular formula is C32H37F2N3O5S. The maximum absolute atomic E-state index is 13.7. The third-order valence-corrected chi connectivity index (χ3v) is 12.2. The minimum Gasteiger partial charge on any atom is -0.448 e. The number of carbonyl (C=O) groups excluding carboxylic acids is 2. The first-order valence-electron chi connectivity index (χ1n) is 15.3. The number of rotatable bonds is 5. The fraction of sp³-hybridized carbons (Fsp3) is 0.625. The molecule has 4 aliphatic carbocycles. The molecule has 8 atom stereocenters. The maximum Gasteiger partial charge on any atom is 0.336 e. The van der Waals surface area contributed by atoms with Crippen LogP contribution < -0.4 is 0 Å². The highest BCUT2D eigenvalue weighted by Crippen LogP contribution is 2.69. The molecule has 0 amide bonds. The third-order valence-electron chi connectivity index (χ3n) is 11.5. The van der Waals surface area contributed by atoms with Gasteiger partial charge in [-0.15, -0.1) is 0 Å². The van der Waals surface area contributed by atoms with Gasteiger partial charge >= 0.3 is 5.97 Å². The summed E-state index contributed by atoms with van der Waals surface area (Å²) in [6.45, 7) is 4.67. The number of hydrogen-bond acceptors (Lipinski definition) is 8. The normalized spacial score (nSPS) is 38.0. The van der Waals surface area contributed by atoms with Crippen LogP contribution in [0.2, 0.25) is 0 Å². The second kappa shape index (κ2) is 10.5. The van der Waals surface area contributed by atoms with Gasteiger partial charge < -0.3 is 14.6 Å². The molecule has 8 nitrogen and oxygen atoms in total. The van der Waals surface area contributed by atoms with Gasteiger partial charge in [-0.25, -0.2) is 18.9 Å². The van der Waals surface area contributed by atoms with Gasteiger partial charge in [0, 0.05) is 12.0 Å². The van der Waals surface area contributed by atoms with E-state index in [0.29, 0.717) is 49.7 Å². The van der Waals surface area contributed by atoms with E-state index >= 15 is 0 Å². The van der Waals surface area contributed by atoms with Crippen molar-refractivity contribution in [2.45, 2.75) is 83.0 Å². The summed E-state index contributed by atoms with van der Waals surface area (Å²) in [5.74, 6) is -1.05. The van der Waals surface area contributed by atoms with Crippen LogP contribution in [-0.4, -0.2) is 61.4 Å². The first-order valence-corrected chi connectivity index (χ1v) is 16.3. The number of carbonyl (C=O) groups is 2. The summed E-state index contributed by atoms with van der Waals surface area (Å²) in [4.78, 5) is 30.8. The molecule has 11 heteroatoms. The molecule has 0 spiro atoms. The second-order valence-corrected chi connectivity index (χ2v) is 14.3. The molecule has 4 fully saturated rings. The van der Waals surface area contributed by atoms with Crippen molar-refractivity contribution in [2.75, 3.05) is 12.6 Å². The number of aromatic nitrogens is 3. The maximum atomic E-state index is 13.7. The molecule has 3 saturated carbocycles. The summed E-state index contributed by atoms with van der Waals surface area (Å²) in [7, 11) is 0. The Morgan fingerprint density at radius 3 is 2.79 bits per heavy atom. The van der Waals surface area contributed by atoms with E-state index in [9.17, 15) is 23.5 Å². The van der Waals surface area contributed by atoms with Crippen molar-refractivity contribution in [3.8, 4) is 5.69 Å². The molecule has 0 aromatic carbocycles. The summed E-state index contributed by atoms with van der Waals surface area (Å²) in [6.07, 6.45) is 8.92. The summed E-state index contributed by atoms with van der Waals surface area (Å²) in [5, 5.41) is 16.2. The molecule has 1 saturated heterocycles. The zero-order chi connectivity index (χ0) is 30.1. The van der Waals surface area contributed by atoms with E-state index in [-0.39, 0.29) is 29.6 Å². The highest BCUT2D eigenvalue weighted by atomic mass is 32.2. The number of hydrogen-bond donors (Lipinski definition) is 1. The molecule has 0 radical (unpaired) electrons. The molecule has 230 valence electrons. The van der Waals surface area contributed by atoms with Crippen LogP contribution >= 0.6 is 11.8 Å². The highest BCUT2D eigenvalue weighted by Gasteiger charge is 2.71. The SMILES string of the molecule is C[C@]12Cc3cnn(-c4ccc(F)nc4)c3C=C1CC[C@@H]1[C@@H]2[C@@H](O)C[C@@]2(C)[C@H]1CC[C@]2(OC(=O)[C@H]1CCCO1)C(=O)SCF. The lowest BCUT2D eigenvalue weighted by atomic mass is 9.45. The van der Waals surface area contributed by atoms with Crippen LogP contribution in [0, 0.1) is 34.5 Å². The molecular weight excluding hydrogens is 576 g/mol. The van der Waals surface area contributed by atoms with E-state index in [4.69, 9.17) is 9.47 Å². The van der Waals surface area contributed by atoms with Gasteiger partial charge in [0.25, 0.3) is 0 Å². The van der Waals surface area contributed by atoms with Crippen LogP contribution in [0.5, 0.6) is 0 Å². The molecule has 2 aromatic rings. The second-order valence-electron chi connectivity index (χ2n) is 13.4. The minimum atomic E-state index is -1.51. The van der Waals surface area contributed by atoms with E-state index in [2.05, 4.69) is 23.1 Å². The Kier molecular flexibility index (Phi) is 7.09. The van der Waals surface area contributed by atoms with Crippen LogP contribution in [0.3, 0.4) is 0 Å². The van der Waals surface area contributed by atoms with Gasteiger partial charge in [0.1, 0.15) is 6.01 Å². The van der Waals surface area contributed by atoms with Crippen molar-refractivity contribution in [2.24, 2.45) is 28.6 Å². The summed E-state index contributed by atoms with van der Waals surface area (Å²) in [6, 6.07) is 2.08. The van der Waals surface area contributed by atoms with Crippen LogP contribution in [0.4, 0.5) is 8.78 Å². The average Bonchev–Trinajstić information content (AvgIpc) is 3.71. The van der Waals surface area contributed by atoms with Crippen LogP contribution in [0.1, 0.15) is 70.1 Å². The average molecular weight is 614 g/mol. The number of nitrogens with zero attached hydrogens (tertiary/aromatic N) is 3. The lowest BCUT2D eigenvalue weighted by molar-refractivity contribution is -0.202. The van der Waals surface area contributed by atoms with Gasteiger partial charge in [-0.05, 0) is 110 Å². The Labute approximate surface area is 253 Å². The number of aliphatic hydroxyl groups is 1. The van der Waals surface area contributed by atoms with Crippen molar-refractivity contribution in [3.63, 3.8) is 0 Å². The number of alkyl halides is 1. The zero-order valence-electron chi connectivity index (χ0n) is 24.4. The van der Waals surface area contributed by atoms with Crippen molar-refractivity contribution in [1.29, 1.82) is 0 Å². The van der Waals surface area contributed by atoms with E-state index < -0.39 is 46.3 Å². The number of ether oxygens (including phenoxy) is 2. The third kappa shape index (κ3) is 4.28. The predicted octanol–water partition coefficient (Wildman–Crippen LogP) is 5.21. The number of esters is 1. The smallest absolute Gasteiger partial charge is 0.336 e. The standard InChI is InChI=1S/C32H37F2N3O5S/c1-30-13-18-15-36-37(20-6-8-26(34)35-16-20)23(18)12-19(30)5-7-21-22-9-10-32(29(40)43-17-33,31(22,2)14-24(38)27(21)30)42-28(39)25-4-3-11-41-25/h6,8,12,15-16,21-22,24-25,27,38H,3-5,7,9-11,13-14,17H2,1-2H3/t21-,22-,24-,25+,27+,30-,31-,32-/m0/s1. The molecule has 5 aliphatic rings. The number of fused-ring (bicyclic) bond motifs is 6. The number of allylic oxidation sites excluding steroid dienone is 1. The molecule has 3 heterocycles. The topological polar surface area (TPSA) is 104 Å². The monoisotopic (exact) mass is 613 g/mol. The van der Waals surface area contributed by atoms with E-state index in [1.807, 2.05) is 13.1 Å². The Bertz CT molecular complexity index is 1480. The summed E-state index contributed by atoms with van der Waals surface area (Å²) in [5.41, 5.74) is 1.26. The molecule has 2 aromatic heterocycles. The van der Waals surface area contributed by atoms with E-state index in [0.717, 1.165) is 30.5 Å². The van der Waals surface area contributed by atoms with Gasteiger partial charge in [-0.2, -0.15) is 9.49 Å².